The standard InChI is InChI=1S/C12H18N2O2/c1-7(2)10(15)6-11(16)12-8(3)13-14(5)9(12)4/h7H,6H2,1-5H3. The number of carbonyl (C=O) groups excluding carboxylic acids is 2. The molecule has 0 unspecified atom stereocenters. The summed E-state index contributed by atoms with van der Waals surface area (Å²) in [6, 6.07) is 0. The van der Waals surface area contributed by atoms with Crippen LogP contribution in [0.3, 0.4) is 0 Å². The zero-order valence-corrected chi connectivity index (χ0v) is 10.5. The van der Waals surface area contributed by atoms with Crippen molar-refractivity contribution in [2.24, 2.45) is 13.0 Å². The average molecular weight is 222 g/mol. The first-order valence-corrected chi connectivity index (χ1v) is 5.40. The lowest BCUT2D eigenvalue weighted by molar-refractivity contribution is -0.121. The molecular formula is C12H18N2O2. The van der Waals surface area contributed by atoms with Crippen molar-refractivity contribution in [1.29, 1.82) is 0 Å². The van der Waals surface area contributed by atoms with E-state index in [0.717, 1.165) is 5.69 Å². The van der Waals surface area contributed by atoms with Gasteiger partial charge in [0, 0.05) is 18.7 Å². The second kappa shape index (κ2) is 4.60. The Morgan fingerprint density at radius 3 is 2.25 bits per heavy atom. The number of nitrogens with zero attached hydrogens (tertiary/aromatic N) is 2. The molecule has 4 nitrogen and oxygen atoms in total. The molecule has 0 amide bonds. The van der Waals surface area contributed by atoms with Crippen LogP contribution in [0.5, 0.6) is 0 Å². The summed E-state index contributed by atoms with van der Waals surface area (Å²) in [5.74, 6) is -0.240. The van der Waals surface area contributed by atoms with Gasteiger partial charge in [0.05, 0.1) is 17.7 Å². The highest BCUT2D eigenvalue weighted by atomic mass is 16.1. The summed E-state index contributed by atoms with van der Waals surface area (Å²) < 4.78 is 1.67. The molecule has 0 N–H and O–H groups in total. The van der Waals surface area contributed by atoms with Crippen molar-refractivity contribution >= 4 is 11.6 Å². The van der Waals surface area contributed by atoms with Gasteiger partial charge in [0.1, 0.15) is 5.78 Å². The van der Waals surface area contributed by atoms with Crippen molar-refractivity contribution in [2.45, 2.75) is 34.1 Å². The first-order chi connectivity index (χ1) is 7.34. The third kappa shape index (κ3) is 2.38. The van der Waals surface area contributed by atoms with Crippen LogP contribution in [0.4, 0.5) is 0 Å². The van der Waals surface area contributed by atoms with E-state index in [2.05, 4.69) is 5.10 Å². The normalized spacial score (nSPS) is 10.9. The predicted molar refractivity (Wildman–Crippen MR) is 61.5 cm³/mol. The van der Waals surface area contributed by atoms with Crippen molar-refractivity contribution in [3.05, 3.63) is 17.0 Å². The molecule has 1 rings (SSSR count). The van der Waals surface area contributed by atoms with Crippen LogP contribution >= 0.6 is 0 Å². The molecule has 0 atom stereocenters. The van der Waals surface area contributed by atoms with E-state index in [1.54, 1.807) is 32.5 Å². The molecule has 4 heteroatoms. The molecule has 1 heterocycles. The van der Waals surface area contributed by atoms with Gasteiger partial charge in [-0.3, -0.25) is 14.3 Å². The minimum atomic E-state index is -0.123. The van der Waals surface area contributed by atoms with Crippen molar-refractivity contribution in [1.82, 2.24) is 9.78 Å². The van der Waals surface area contributed by atoms with E-state index in [0.29, 0.717) is 11.3 Å². The molecule has 0 aliphatic heterocycles. The van der Waals surface area contributed by atoms with Crippen LogP contribution < -0.4 is 0 Å². The molecular weight excluding hydrogens is 204 g/mol. The SMILES string of the molecule is Cc1nn(C)c(C)c1C(=O)CC(=O)C(C)C. The summed E-state index contributed by atoms with van der Waals surface area (Å²) in [5.41, 5.74) is 2.11. The summed E-state index contributed by atoms with van der Waals surface area (Å²) >= 11 is 0. The maximum atomic E-state index is 11.9. The van der Waals surface area contributed by atoms with E-state index in [1.807, 2.05) is 6.92 Å². The molecule has 0 aliphatic rings. The molecule has 1 aromatic rings. The largest absolute Gasteiger partial charge is 0.299 e. The number of hydrogen-bond donors (Lipinski definition) is 0. The number of Topliss-reactive ketones (excluding diaryl/α,β-unsaturated/α-hetero) is 2. The van der Waals surface area contributed by atoms with E-state index in [9.17, 15) is 9.59 Å². The van der Waals surface area contributed by atoms with Gasteiger partial charge in [-0.15, -0.1) is 0 Å². The summed E-state index contributed by atoms with van der Waals surface area (Å²) in [6.07, 6.45) is -0.0228. The van der Waals surface area contributed by atoms with Crippen LogP contribution in [0.1, 0.15) is 42.0 Å². The van der Waals surface area contributed by atoms with Crippen LogP contribution in [0.2, 0.25) is 0 Å². The Morgan fingerprint density at radius 1 is 1.31 bits per heavy atom. The number of rotatable bonds is 4. The van der Waals surface area contributed by atoms with Crippen molar-refractivity contribution in [2.75, 3.05) is 0 Å². The molecule has 0 radical (unpaired) electrons. The van der Waals surface area contributed by atoms with Gasteiger partial charge in [-0.05, 0) is 13.8 Å². The van der Waals surface area contributed by atoms with Crippen LogP contribution in [0.25, 0.3) is 0 Å². The topological polar surface area (TPSA) is 52.0 Å². The third-order valence-electron chi connectivity index (χ3n) is 2.77. The fourth-order valence-electron chi connectivity index (χ4n) is 1.63. The minimum Gasteiger partial charge on any atom is -0.299 e. The highest BCUT2D eigenvalue weighted by Crippen LogP contribution is 2.15. The summed E-state index contributed by atoms with van der Waals surface area (Å²) in [5, 5.41) is 4.17. The highest BCUT2D eigenvalue weighted by molar-refractivity contribution is 6.09. The van der Waals surface area contributed by atoms with Crippen LogP contribution in [0.15, 0.2) is 0 Å². The molecule has 0 saturated carbocycles. The second-order valence-corrected chi connectivity index (χ2v) is 4.39. The van der Waals surface area contributed by atoms with Crippen LogP contribution in [-0.2, 0) is 11.8 Å². The van der Waals surface area contributed by atoms with Crippen molar-refractivity contribution in [3.63, 3.8) is 0 Å². The number of carbonyl (C=O) groups is 2. The van der Waals surface area contributed by atoms with Gasteiger partial charge in [0.15, 0.2) is 5.78 Å². The summed E-state index contributed by atoms with van der Waals surface area (Å²) in [6.45, 7) is 7.24. The smallest absolute Gasteiger partial charge is 0.173 e. The second-order valence-electron chi connectivity index (χ2n) is 4.39. The number of ketones is 2. The fraction of sp³-hybridized carbons (Fsp3) is 0.583. The quantitative estimate of drug-likeness (QED) is 0.577. The highest BCUT2D eigenvalue weighted by Gasteiger charge is 2.20. The van der Waals surface area contributed by atoms with Gasteiger partial charge in [-0.1, -0.05) is 13.8 Å². The van der Waals surface area contributed by atoms with Gasteiger partial charge < -0.3 is 0 Å². The Labute approximate surface area is 95.6 Å². The molecule has 1 aromatic heterocycles. The van der Waals surface area contributed by atoms with Crippen molar-refractivity contribution < 1.29 is 9.59 Å². The molecule has 0 aliphatic carbocycles. The van der Waals surface area contributed by atoms with E-state index in [4.69, 9.17) is 0 Å². The van der Waals surface area contributed by atoms with E-state index in [1.165, 1.54) is 0 Å². The Balaban J connectivity index is 2.93. The van der Waals surface area contributed by atoms with Gasteiger partial charge >= 0.3 is 0 Å². The fourth-order valence-corrected chi connectivity index (χ4v) is 1.63. The van der Waals surface area contributed by atoms with Crippen LogP contribution in [0, 0.1) is 19.8 Å². The monoisotopic (exact) mass is 222 g/mol. The molecule has 0 bridgehead atoms. The lowest BCUT2D eigenvalue weighted by Gasteiger charge is -2.03. The molecule has 88 valence electrons. The maximum absolute atomic E-state index is 11.9. The molecule has 0 fully saturated rings. The molecule has 0 aromatic carbocycles. The third-order valence-corrected chi connectivity index (χ3v) is 2.77. The number of hydrogen-bond acceptors (Lipinski definition) is 3. The Bertz CT molecular complexity index is 430. The average Bonchev–Trinajstić information content (AvgIpc) is 2.40. The van der Waals surface area contributed by atoms with Gasteiger partial charge in [-0.25, -0.2) is 0 Å². The first kappa shape index (κ1) is 12.6. The van der Waals surface area contributed by atoms with E-state index >= 15 is 0 Å². The van der Waals surface area contributed by atoms with E-state index in [-0.39, 0.29) is 23.9 Å². The van der Waals surface area contributed by atoms with Gasteiger partial charge in [-0.2, -0.15) is 5.10 Å². The van der Waals surface area contributed by atoms with Crippen molar-refractivity contribution in [3.8, 4) is 0 Å². The van der Waals surface area contributed by atoms with Gasteiger partial charge in [0.25, 0.3) is 0 Å². The minimum absolute atomic E-state index is 0.0207. The Morgan fingerprint density at radius 2 is 1.88 bits per heavy atom. The summed E-state index contributed by atoms with van der Waals surface area (Å²) in [4.78, 5) is 23.4. The molecule has 16 heavy (non-hydrogen) atoms. The predicted octanol–water partition coefficient (Wildman–Crippen LogP) is 1.83. The molecule has 0 spiro atoms. The first-order valence-electron chi connectivity index (χ1n) is 5.40. The summed E-state index contributed by atoms with van der Waals surface area (Å²) in [7, 11) is 1.80. The zero-order valence-electron chi connectivity index (χ0n) is 10.5. The lowest BCUT2D eigenvalue weighted by atomic mass is 9.99. The number of aromatic nitrogens is 2. The molecule has 0 saturated heterocycles. The lowest BCUT2D eigenvalue weighted by Crippen LogP contribution is -2.14. The Kier molecular flexibility index (Phi) is 3.62. The zero-order chi connectivity index (χ0) is 12.5. The maximum Gasteiger partial charge on any atom is 0.173 e. The van der Waals surface area contributed by atoms with Crippen LogP contribution in [-0.4, -0.2) is 21.3 Å². The Hall–Kier alpha value is -1.45. The van der Waals surface area contributed by atoms with Gasteiger partial charge in [0.2, 0.25) is 0 Å². The number of aryl methyl sites for hydroxylation is 2. The van der Waals surface area contributed by atoms with E-state index < -0.39 is 0 Å².